The first-order valence-corrected chi connectivity index (χ1v) is 6.52. The summed E-state index contributed by atoms with van der Waals surface area (Å²) in [5.74, 6) is 1.70. The summed E-state index contributed by atoms with van der Waals surface area (Å²) in [6, 6.07) is 12.9. The first-order chi connectivity index (χ1) is 9.79. The molecule has 20 heavy (non-hydrogen) atoms. The van der Waals surface area contributed by atoms with E-state index in [2.05, 4.69) is 0 Å². The molecule has 2 aliphatic heterocycles. The SMILES string of the molecule is Oc1ccc2c(c1)C1(COCC=N1)c1ccccc1O2. The quantitative estimate of drug-likeness (QED) is 0.798. The molecular weight excluding hydrogens is 254 g/mol. The van der Waals surface area contributed by atoms with E-state index in [0.717, 1.165) is 16.9 Å². The molecule has 2 aromatic rings. The van der Waals surface area contributed by atoms with Crippen molar-refractivity contribution in [3.05, 3.63) is 53.6 Å². The summed E-state index contributed by atoms with van der Waals surface area (Å²) in [5.41, 5.74) is 1.18. The molecule has 0 saturated carbocycles. The molecule has 0 amide bonds. The van der Waals surface area contributed by atoms with Crippen molar-refractivity contribution in [2.45, 2.75) is 5.54 Å². The van der Waals surface area contributed by atoms with Gasteiger partial charge in [0.05, 0.1) is 13.2 Å². The minimum Gasteiger partial charge on any atom is -0.508 e. The third kappa shape index (κ3) is 1.48. The predicted molar refractivity (Wildman–Crippen MR) is 74.7 cm³/mol. The van der Waals surface area contributed by atoms with E-state index in [1.807, 2.05) is 24.3 Å². The molecule has 0 aliphatic carbocycles. The molecule has 0 saturated heterocycles. The van der Waals surface area contributed by atoms with Crippen molar-refractivity contribution >= 4 is 6.21 Å². The average molecular weight is 267 g/mol. The predicted octanol–water partition coefficient (Wildman–Crippen LogP) is 2.84. The van der Waals surface area contributed by atoms with Gasteiger partial charge < -0.3 is 14.6 Å². The Morgan fingerprint density at radius 2 is 1.90 bits per heavy atom. The van der Waals surface area contributed by atoms with Crippen molar-refractivity contribution in [1.29, 1.82) is 0 Å². The largest absolute Gasteiger partial charge is 0.508 e. The van der Waals surface area contributed by atoms with Gasteiger partial charge in [0.2, 0.25) is 0 Å². The number of rotatable bonds is 0. The molecule has 0 bridgehead atoms. The van der Waals surface area contributed by atoms with Crippen LogP contribution in [0, 0.1) is 0 Å². The number of benzene rings is 2. The number of ether oxygens (including phenoxy) is 2. The van der Waals surface area contributed by atoms with E-state index in [-0.39, 0.29) is 5.75 Å². The van der Waals surface area contributed by atoms with Crippen molar-refractivity contribution in [1.82, 2.24) is 0 Å². The molecule has 2 aromatic carbocycles. The number of phenols is 1. The van der Waals surface area contributed by atoms with E-state index >= 15 is 0 Å². The van der Waals surface area contributed by atoms with E-state index in [1.54, 1.807) is 24.4 Å². The van der Waals surface area contributed by atoms with Gasteiger partial charge in [0.1, 0.15) is 22.8 Å². The Labute approximate surface area is 116 Å². The normalized spacial score (nSPS) is 23.0. The van der Waals surface area contributed by atoms with Crippen LogP contribution in [0.5, 0.6) is 17.2 Å². The van der Waals surface area contributed by atoms with Gasteiger partial charge in [-0.1, -0.05) is 18.2 Å². The van der Waals surface area contributed by atoms with Crippen LogP contribution in [-0.2, 0) is 10.3 Å². The summed E-state index contributed by atoms with van der Waals surface area (Å²) in [7, 11) is 0. The summed E-state index contributed by atoms with van der Waals surface area (Å²) in [6.07, 6.45) is 1.78. The molecule has 0 radical (unpaired) electrons. The first-order valence-electron chi connectivity index (χ1n) is 6.52. The number of hydrogen-bond donors (Lipinski definition) is 1. The topological polar surface area (TPSA) is 51.0 Å². The van der Waals surface area contributed by atoms with Crippen LogP contribution < -0.4 is 4.74 Å². The number of nitrogens with zero attached hydrogens (tertiary/aromatic N) is 1. The monoisotopic (exact) mass is 267 g/mol. The standard InChI is InChI=1S/C16H13NO3/c18-11-5-6-15-13(9-11)16(10-19-8-7-17-16)12-3-1-2-4-14(12)20-15/h1-7,9,18H,8,10H2. The molecule has 100 valence electrons. The van der Waals surface area contributed by atoms with Crippen molar-refractivity contribution < 1.29 is 14.6 Å². The molecule has 1 N–H and O–H groups in total. The lowest BCUT2D eigenvalue weighted by Gasteiger charge is -2.38. The van der Waals surface area contributed by atoms with Gasteiger partial charge in [-0.05, 0) is 24.3 Å². The lowest BCUT2D eigenvalue weighted by molar-refractivity contribution is 0.113. The third-order valence-electron chi connectivity index (χ3n) is 3.78. The zero-order chi connectivity index (χ0) is 13.6. The lowest BCUT2D eigenvalue weighted by atomic mass is 9.80. The van der Waals surface area contributed by atoms with Crippen molar-refractivity contribution in [2.75, 3.05) is 13.2 Å². The van der Waals surface area contributed by atoms with E-state index in [4.69, 9.17) is 14.5 Å². The molecule has 2 heterocycles. The minimum absolute atomic E-state index is 0.201. The molecule has 0 aromatic heterocycles. The van der Waals surface area contributed by atoms with Gasteiger partial charge in [-0.3, -0.25) is 4.99 Å². The van der Waals surface area contributed by atoms with Gasteiger partial charge in [-0.15, -0.1) is 0 Å². The van der Waals surface area contributed by atoms with E-state index in [9.17, 15) is 5.11 Å². The molecule has 1 atom stereocenters. The highest BCUT2D eigenvalue weighted by Gasteiger charge is 2.43. The molecule has 2 aliphatic rings. The fourth-order valence-electron chi connectivity index (χ4n) is 2.88. The molecule has 4 rings (SSSR count). The molecule has 0 fully saturated rings. The van der Waals surface area contributed by atoms with Crippen molar-refractivity contribution in [3.8, 4) is 17.2 Å². The Hall–Kier alpha value is -2.33. The van der Waals surface area contributed by atoms with E-state index < -0.39 is 5.54 Å². The smallest absolute Gasteiger partial charge is 0.141 e. The zero-order valence-electron chi connectivity index (χ0n) is 10.7. The van der Waals surface area contributed by atoms with Gasteiger partial charge in [0, 0.05) is 17.3 Å². The van der Waals surface area contributed by atoms with Gasteiger partial charge in [0.15, 0.2) is 0 Å². The van der Waals surface area contributed by atoms with Crippen LogP contribution in [0.25, 0.3) is 0 Å². The second-order valence-electron chi connectivity index (χ2n) is 4.97. The third-order valence-corrected chi connectivity index (χ3v) is 3.78. The van der Waals surface area contributed by atoms with Crippen LogP contribution in [0.3, 0.4) is 0 Å². The number of hydrogen-bond acceptors (Lipinski definition) is 4. The maximum Gasteiger partial charge on any atom is 0.141 e. The Morgan fingerprint density at radius 1 is 1.05 bits per heavy atom. The zero-order valence-corrected chi connectivity index (χ0v) is 10.7. The van der Waals surface area contributed by atoms with E-state index in [1.165, 1.54) is 0 Å². The fraction of sp³-hybridized carbons (Fsp3) is 0.188. The number of phenolic OH excluding ortho intramolecular Hbond substituents is 1. The van der Waals surface area contributed by atoms with Gasteiger partial charge in [-0.25, -0.2) is 0 Å². The van der Waals surface area contributed by atoms with Crippen LogP contribution in [0.1, 0.15) is 11.1 Å². The Morgan fingerprint density at radius 3 is 2.75 bits per heavy atom. The van der Waals surface area contributed by atoms with Gasteiger partial charge >= 0.3 is 0 Å². The Balaban J connectivity index is 2.03. The molecule has 1 spiro atoms. The highest BCUT2D eigenvalue weighted by molar-refractivity contribution is 5.66. The summed E-state index contributed by atoms with van der Waals surface area (Å²) in [5, 5.41) is 9.80. The second kappa shape index (κ2) is 4.08. The molecular formula is C16H13NO3. The maximum absolute atomic E-state index is 9.80. The number of para-hydroxylation sites is 1. The van der Waals surface area contributed by atoms with Crippen LogP contribution in [-0.4, -0.2) is 24.5 Å². The van der Waals surface area contributed by atoms with Gasteiger partial charge in [0.25, 0.3) is 0 Å². The summed E-state index contributed by atoms with van der Waals surface area (Å²) in [4.78, 5) is 4.70. The molecule has 4 heteroatoms. The van der Waals surface area contributed by atoms with Crippen LogP contribution in [0.4, 0.5) is 0 Å². The van der Waals surface area contributed by atoms with Crippen molar-refractivity contribution in [2.24, 2.45) is 4.99 Å². The highest BCUT2D eigenvalue weighted by atomic mass is 16.5. The average Bonchev–Trinajstić information content (AvgIpc) is 2.50. The Kier molecular flexibility index (Phi) is 2.35. The molecule has 1 unspecified atom stereocenters. The summed E-state index contributed by atoms with van der Waals surface area (Å²) in [6.45, 7) is 0.958. The second-order valence-corrected chi connectivity index (χ2v) is 4.97. The minimum atomic E-state index is -0.624. The van der Waals surface area contributed by atoms with Crippen LogP contribution >= 0.6 is 0 Å². The van der Waals surface area contributed by atoms with Crippen molar-refractivity contribution in [3.63, 3.8) is 0 Å². The maximum atomic E-state index is 9.80. The number of aromatic hydroxyl groups is 1. The fourth-order valence-corrected chi connectivity index (χ4v) is 2.88. The summed E-state index contributed by atoms with van der Waals surface area (Å²) >= 11 is 0. The molecule has 4 nitrogen and oxygen atoms in total. The lowest BCUT2D eigenvalue weighted by Crippen LogP contribution is -2.37. The summed E-state index contributed by atoms with van der Waals surface area (Å²) < 4.78 is 11.5. The van der Waals surface area contributed by atoms with E-state index in [0.29, 0.717) is 19.0 Å². The number of aliphatic imine (C=N–C) groups is 1. The first kappa shape index (κ1) is 11.5. The Bertz CT molecular complexity index is 711. The van der Waals surface area contributed by atoms with Gasteiger partial charge in [-0.2, -0.15) is 0 Å². The number of fused-ring (bicyclic) bond motifs is 4. The highest BCUT2D eigenvalue weighted by Crippen LogP contribution is 2.50. The van der Waals surface area contributed by atoms with Crippen LogP contribution in [0.15, 0.2) is 47.5 Å². The van der Waals surface area contributed by atoms with Crippen LogP contribution in [0.2, 0.25) is 0 Å².